The number of rotatable bonds is 3. The van der Waals surface area contributed by atoms with E-state index in [4.69, 9.17) is 5.73 Å². The van der Waals surface area contributed by atoms with Crippen LogP contribution in [0.1, 0.15) is 61.0 Å². The topological polar surface area (TPSA) is 81.1 Å². The lowest BCUT2D eigenvalue weighted by atomic mass is 9.83. The molecule has 1 saturated carbocycles. The van der Waals surface area contributed by atoms with Crippen LogP contribution >= 0.6 is 0 Å². The third-order valence-corrected chi connectivity index (χ3v) is 3.55. The summed E-state index contributed by atoms with van der Waals surface area (Å²) in [5.74, 6) is -0.156. The van der Waals surface area contributed by atoms with E-state index < -0.39 is 5.97 Å². The Morgan fingerprint density at radius 1 is 1.47 bits per heavy atom. The summed E-state index contributed by atoms with van der Waals surface area (Å²) < 4.78 is 1.59. The number of nitrogens with zero attached hydrogens (tertiary/aromatic N) is 2. The number of aromatic carboxylic acids is 1. The van der Waals surface area contributed by atoms with Crippen molar-refractivity contribution in [2.75, 3.05) is 5.73 Å². The summed E-state index contributed by atoms with van der Waals surface area (Å²) in [7, 11) is 0. The fourth-order valence-corrected chi connectivity index (χ4v) is 2.68. The van der Waals surface area contributed by atoms with Gasteiger partial charge in [-0.1, -0.05) is 19.3 Å². The molecule has 1 fully saturated rings. The minimum absolute atomic E-state index is 0.149. The Labute approximate surface area is 101 Å². The van der Waals surface area contributed by atoms with Gasteiger partial charge in [-0.25, -0.2) is 9.48 Å². The van der Waals surface area contributed by atoms with E-state index >= 15 is 0 Å². The van der Waals surface area contributed by atoms with Crippen LogP contribution in [0, 0.1) is 0 Å². The SMILES string of the molecule is CCn1nc(C(=O)O)c(C2CCCCC2)c1N. The Morgan fingerprint density at radius 3 is 2.65 bits per heavy atom. The number of hydrogen-bond donors (Lipinski definition) is 2. The Bertz CT molecular complexity index is 420. The first-order valence-corrected chi connectivity index (χ1v) is 6.24. The normalized spacial score (nSPS) is 17.2. The highest BCUT2D eigenvalue weighted by molar-refractivity contribution is 5.89. The second-order valence-corrected chi connectivity index (χ2v) is 4.60. The van der Waals surface area contributed by atoms with Crippen molar-refractivity contribution in [3.63, 3.8) is 0 Å². The summed E-state index contributed by atoms with van der Waals surface area (Å²) in [5.41, 5.74) is 6.93. The summed E-state index contributed by atoms with van der Waals surface area (Å²) in [4.78, 5) is 11.2. The molecule has 0 atom stereocenters. The van der Waals surface area contributed by atoms with E-state index in [1.807, 2.05) is 6.92 Å². The Balaban J connectivity index is 2.41. The highest BCUT2D eigenvalue weighted by atomic mass is 16.4. The van der Waals surface area contributed by atoms with Gasteiger partial charge in [0.1, 0.15) is 5.82 Å². The van der Waals surface area contributed by atoms with Gasteiger partial charge in [0.15, 0.2) is 5.69 Å². The lowest BCUT2D eigenvalue weighted by molar-refractivity contribution is 0.0687. The first kappa shape index (κ1) is 12.0. The van der Waals surface area contributed by atoms with E-state index in [0.29, 0.717) is 12.4 Å². The Hall–Kier alpha value is -1.52. The lowest BCUT2D eigenvalue weighted by Gasteiger charge is -2.21. The molecule has 5 nitrogen and oxygen atoms in total. The zero-order chi connectivity index (χ0) is 12.4. The van der Waals surface area contributed by atoms with Gasteiger partial charge in [-0.3, -0.25) is 0 Å². The van der Waals surface area contributed by atoms with E-state index in [0.717, 1.165) is 31.2 Å². The highest BCUT2D eigenvalue weighted by Gasteiger charge is 2.28. The van der Waals surface area contributed by atoms with Crippen molar-refractivity contribution in [3.05, 3.63) is 11.3 Å². The quantitative estimate of drug-likeness (QED) is 0.844. The molecule has 0 aromatic carbocycles. The predicted octanol–water partition coefficient (Wildman–Crippen LogP) is 2.23. The molecule has 1 aliphatic carbocycles. The number of nitrogens with two attached hydrogens (primary N) is 1. The third-order valence-electron chi connectivity index (χ3n) is 3.55. The predicted molar refractivity (Wildman–Crippen MR) is 65.1 cm³/mol. The second kappa shape index (κ2) is 4.77. The minimum atomic E-state index is -0.968. The molecule has 1 aromatic heterocycles. The summed E-state index contributed by atoms with van der Waals surface area (Å²) >= 11 is 0. The van der Waals surface area contributed by atoms with Crippen molar-refractivity contribution in [3.8, 4) is 0 Å². The van der Waals surface area contributed by atoms with Crippen LogP contribution in [-0.4, -0.2) is 20.9 Å². The lowest BCUT2D eigenvalue weighted by Crippen LogP contribution is -2.11. The molecule has 94 valence electrons. The van der Waals surface area contributed by atoms with E-state index in [-0.39, 0.29) is 11.6 Å². The van der Waals surface area contributed by atoms with Crippen LogP contribution < -0.4 is 5.73 Å². The number of hydrogen-bond acceptors (Lipinski definition) is 3. The van der Waals surface area contributed by atoms with Gasteiger partial charge < -0.3 is 10.8 Å². The molecule has 5 heteroatoms. The molecular weight excluding hydrogens is 218 g/mol. The van der Waals surface area contributed by atoms with Gasteiger partial charge in [0.05, 0.1) is 0 Å². The summed E-state index contributed by atoms with van der Waals surface area (Å²) in [6.45, 7) is 2.53. The highest BCUT2D eigenvalue weighted by Crippen LogP contribution is 2.37. The maximum Gasteiger partial charge on any atom is 0.356 e. The standard InChI is InChI=1S/C12H19N3O2/c1-2-15-11(13)9(10(14-15)12(16)17)8-6-4-3-5-7-8/h8H,2-7,13H2,1H3,(H,16,17). The van der Waals surface area contributed by atoms with Crippen molar-refractivity contribution < 1.29 is 9.90 Å². The third kappa shape index (κ3) is 2.14. The van der Waals surface area contributed by atoms with E-state index in [9.17, 15) is 9.90 Å². The molecular formula is C12H19N3O2. The fraction of sp³-hybridized carbons (Fsp3) is 0.667. The van der Waals surface area contributed by atoms with Crippen molar-refractivity contribution in [1.29, 1.82) is 0 Å². The number of aromatic nitrogens is 2. The summed E-state index contributed by atoms with van der Waals surface area (Å²) in [5, 5.41) is 13.3. The summed E-state index contributed by atoms with van der Waals surface area (Å²) in [6, 6.07) is 0. The van der Waals surface area contributed by atoms with Crippen molar-refractivity contribution >= 4 is 11.8 Å². The summed E-state index contributed by atoms with van der Waals surface area (Å²) in [6.07, 6.45) is 5.60. The molecule has 17 heavy (non-hydrogen) atoms. The first-order chi connectivity index (χ1) is 8.15. The minimum Gasteiger partial charge on any atom is -0.476 e. The van der Waals surface area contributed by atoms with Gasteiger partial charge in [0, 0.05) is 12.1 Å². The molecule has 0 spiro atoms. The molecule has 0 saturated heterocycles. The van der Waals surface area contributed by atoms with Gasteiger partial charge in [-0.05, 0) is 25.7 Å². The van der Waals surface area contributed by atoms with E-state index in [1.165, 1.54) is 6.42 Å². The molecule has 3 N–H and O–H groups in total. The van der Waals surface area contributed by atoms with Gasteiger partial charge in [-0.15, -0.1) is 0 Å². The maximum absolute atomic E-state index is 11.2. The van der Waals surface area contributed by atoms with Crippen molar-refractivity contribution in [2.24, 2.45) is 0 Å². The molecule has 0 unspecified atom stereocenters. The Morgan fingerprint density at radius 2 is 2.12 bits per heavy atom. The molecule has 1 aromatic rings. The van der Waals surface area contributed by atoms with Crippen LogP contribution in [-0.2, 0) is 6.54 Å². The van der Waals surface area contributed by atoms with Crippen LogP contribution in [0.3, 0.4) is 0 Å². The fourth-order valence-electron chi connectivity index (χ4n) is 2.68. The number of nitrogen functional groups attached to an aromatic ring is 1. The molecule has 1 heterocycles. The molecule has 0 aliphatic heterocycles. The van der Waals surface area contributed by atoms with Crippen LogP contribution in [0.5, 0.6) is 0 Å². The number of carboxylic acid groups (broad SMARTS) is 1. The van der Waals surface area contributed by atoms with Gasteiger partial charge in [0.25, 0.3) is 0 Å². The monoisotopic (exact) mass is 237 g/mol. The smallest absolute Gasteiger partial charge is 0.356 e. The van der Waals surface area contributed by atoms with Crippen LogP contribution in [0.2, 0.25) is 0 Å². The number of anilines is 1. The van der Waals surface area contributed by atoms with Crippen LogP contribution in [0.15, 0.2) is 0 Å². The van der Waals surface area contributed by atoms with Gasteiger partial charge in [0.2, 0.25) is 0 Å². The first-order valence-electron chi connectivity index (χ1n) is 6.24. The molecule has 1 aliphatic rings. The van der Waals surface area contributed by atoms with Gasteiger partial charge >= 0.3 is 5.97 Å². The van der Waals surface area contributed by atoms with Crippen LogP contribution in [0.4, 0.5) is 5.82 Å². The van der Waals surface area contributed by atoms with Gasteiger partial charge in [-0.2, -0.15) is 5.10 Å². The Kier molecular flexibility index (Phi) is 3.36. The number of carboxylic acids is 1. The van der Waals surface area contributed by atoms with E-state index in [1.54, 1.807) is 4.68 Å². The maximum atomic E-state index is 11.2. The van der Waals surface area contributed by atoms with E-state index in [2.05, 4.69) is 5.10 Å². The average Bonchev–Trinajstić information content (AvgIpc) is 2.67. The molecule has 0 radical (unpaired) electrons. The van der Waals surface area contributed by atoms with Crippen molar-refractivity contribution in [1.82, 2.24) is 9.78 Å². The van der Waals surface area contributed by atoms with Crippen molar-refractivity contribution in [2.45, 2.75) is 51.5 Å². The molecule has 0 bridgehead atoms. The second-order valence-electron chi connectivity index (χ2n) is 4.60. The van der Waals surface area contributed by atoms with Crippen LogP contribution in [0.25, 0.3) is 0 Å². The average molecular weight is 237 g/mol. The number of aryl methyl sites for hydroxylation is 1. The molecule has 2 rings (SSSR count). The largest absolute Gasteiger partial charge is 0.476 e. The zero-order valence-corrected chi connectivity index (χ0v) is 10.1. The molecule has 0 amide bonds. The zero-order valence-electron chi connectivity index (χ0n) is 10.1. The number of carbonyl (C=O) groups is 1.